The number of rotatable bonds is 4. The van der Waals surface area contributed by atoms with Gasteiger partial charge in [-0.2, -0.15) is 5.26 Å². The molecule has 0 N–H and O–H groups in total. The van der Waals surface area contributed by atoms with E-state index < -0.39 is 0 Å². The van der Waals surface area contributed by atoms with E-state index in [0.29, 0.717) is 11.5 Å². The van der Waals surface area contributed by atoms with E-state index in [0.717, 1.165) is 57.8 Å². The molecule has 3 rings (SSSR count). The fourth-order valence-electron chi connectivity index (χ4n) is 3.77. The normalized spacial score (nSPS) is 24.0. The van der Waals surface area contributed by atoms with Crippen LogP contribution in [0.5, 0.6) is 0 Å². The van der Waals surface area contributed by atoms with Crippen LogP contribution in [0.4, 0.5) is 5.82 Å². The molecule has 0 bridgehead atoms. The van der Waals surface area contributed by atoms with Crippen LogP contribution < -0.4 is 4.90 Å². The molecule has 0 saturated carbocycles. The van der Waals surface area contributed by atoms with Crippen molar-refractivity contribution in [3.63, 3.8) is 0 Å². The van der Waals surface area contributed by atoms with Crippen molar-refractivity contribution in [3.05, 3.63) is 23.9 Å². The number of amides is 1. The molecule has 1 aromatic heterocycles. The van der Waals surface area contributed by atoms with Crippen LogP contribution in [-0.4, -0.2) is 67.5 Å². The summed E-state index contributed by atoms with van der Waals surface area (Å²) in [6.45, 7) is 4.24. The number of likely N-dealkylation sites (tertiary alicyclic amines) is 1. The third kappa shape index (κ3) is 3.22. The van der Waals surface area contributed by atoms with Crippen molar-refractivity contribution < 1.29 is 4.79 Å². The van der Waals surface area contributed by atoms with E-state index in [4.69, 9.17) is 5.26 Å². The third-order valence-electron chi connectivity index (χ3n) is 5.20. The number of pyridine rings is 1. The Morgan fingerprint density at radius 1 is 1.33 bits per heavy atom. The largest absolute Gasteiger partial charge is 0.356 e. The van der Waals surface area contributed by atoms with Crippen LogP contribution in [0, 0.1) is 16.7 Å². The van der Waals surface area contributed by atoms with E-state index in [9.17, 15) is 4.79 Å². The summed E-state index contributed by atoms with van der Waals surface area (Å²) < 4.78 is 0. The number of carbonyl (C=O) groups is 1. The summed E-state index contributed by atoms with van der Waals surface area (Å²) in [4.78, 5) is 23.7. The van der Waals surface area contributed by atoms with Crippen molar-refractivity contribution in [2.45, 2.75) is 19.3 Å². The number of carbonyl (C=O) groups excluding carboxylic acids is 1. The van der Waals surface area contributed by atoms with E-state index in [1.165, 1.54) is 0 Å². The van der Waals surface area contributed by atoms with Gasteiger partial charge >= 0.3 is 0 Å². The molecule has 0 aromatic carbocycles. The second kappa shape index (κ2) is 6.78. The van der Waals surface area contributed by atoms with Gasteiger partial charge in [0.1, 0.15) is 11.9 Å². The standard InChI is InChI=1S/C18H25N5O/c1-21(2)10-11-22-9-7-18(17(22)24)6-3-8-23(14-18)16-5-4-15(12-19)13-20-16/h4-5,13H,3,6-11,14H2,1-2H3/t18-/m0/s1. The lowest BCUT2D eigenvalue weighted by atomic mass is 9.78. The smallest absolute Gasteiger partial charge is 0.230 e. The Bertz CT molecular complexity index is 636. The van der Waals surface area contributed by atoms with Crippen LogP contribution in [0.2, 0.25) is 0 Å². The minimum Gasteiger partial charge on any atom is -0.356 e. The first-order valence-electron chi connectivity index (χ1n) is 8.59. The minimum atomic E-state index is -0.250. The topological polar surface area (TPSA) is 63.5 Å². The molecular weight excluding hydrogens is 302 g/mol. The van der Waals surface area contributed by atoms with Gasteiger partial charge in [0, 0.05) is 38.9 Å². The van der Waals surface area contributed by atoms with Gasteiger partial charge in [-0.25, -0.2) is 4.98 Å². The molecule has 2 fully saturated rings. The number of anilines is 1. The number of piperidine rings is 1. The lowest BCUT2D eigenvalue weighted by Crippen LogP contribution is -2.48. The number of nitrogens with zero attached hydrogens (tertiary/aromatic N) is 5. The SMILES string of the molecule is CN(C)CCN1CC[C@]2(CCCN(c3ccc(C#N)cn3)C2)C1=O. The number of hydrogen-bond donors (Lipinski definition) is 0. The molecule has 3 heterocycles. The van der Waals surface area contributed by atoms with Crippen LogP contribution in [0.15, 0.2) is 18.3 Å². The van der Waals surface area contributed by atoms with E-state index in [2.05, 4.69) is 20.9 Å². The van der Waals surface area contributed by atoms with Gasteiger partial charge < -0.3 is 14.7 Å². The third-order valence-corrected chi connectivity index (χ3v) is 5.20. The Balaban J connectivity index is 1.70. The molecule has 1 amide bonds. The van der Waals surface area contributed by atoms with Crippen LogP contribution in [0.1, 0.15) is 24.8 Å². The Kier molecular flexibility index (Phi) is 4.72. The molecule has 0 aliphatic carbocycles. The Morgan fingerprint density at radius 3 is 2.83 bits per heavy atom. The highest BCUT2D eigenvalue weighted by molar-refractivity contribution is 5.85. The quantitative estimate of drug-likeness (QED) is 0.835. The molecular formula is C18H25N5O. The molecule has 0 radical (unpaired) electrons. The maximum Gasteiger partial charge on any atom is 0.230 e. The van der Waals surface area contributed by atoms with Gasteiger partial charge in [0.2, 0.25) is 5.91 Å². The Hall–Kier alpha value is -2.13. The van der Waals surface area contributed by atoms with Crippen molar-refractivity contribution in [2.24, 2.45) is 5.41 Å². The zero-order valence-electron chi connectivity index (χ0n) is 14.5. The maximum atomic E-state index is 13.0. The summed E-state index contributed by atoms with van der Waals surface area (Å²) in [5.74, 6) is 1.18. The molecule has 128 valence electrons. The van der Waals surface area contributed by atoms with Crippen molar-refractivity contribution in [3.8, 4) is 6.07 Å². The monoisotopic (exact) mass is 327 g/mol. The summed E-state index contributed by atoms with van der Waals surface area (Å²) in [7, 11) is 4.07. The highest BCUT2D eigenvalue weighted by Crippen LogP contribution is 2.41. The second-order valence-corrected chi connectivity index (χ2v) is 7.17. The van der Waals surface area contributed by atoms with Crippen molar-refractivity contribution in [1.29, 1.82) is 5.26 Å². The van der Waals surface area contributed by atoms with E-state index in [1.54, 1.807) is 12.3 Å². The van der Waals surface area contributed by atoms with Crippen LogP contribution in [-0.2, 0) is 4.79 Å². The average molecular weight is 327 g/mol. The highest BCUT2D eigenvalue weighted by atomic mass is 16.2. The van der Waals surface area contributed by atoms with Crippen LogP contribution in [0.3, 0.4) is 0 Å². The summed E-state index contributed by atoms with van der Waals surface area (Å²) in [5, 5.41) is 8.90. The predicted molar refractivity (Wildman–Crippen MR) is 92.6 cm³/mol. The first kappa shape index (κ1) is 16.7. The van der Waals surface area contributed by atoms with Gasteiger partial charge in [-0.05, 0) is 45.5 Å². The molecule has 24 heavy (non-hydrogen) atoms. The number of nitriles is 1. The van der Waals surface area contributed by atoms with Gasteiger partial charge in [0.25, 0.3) is 0 Å². The maximum absolute atomic E-state index is 13.0. The van der Waals surface area contributed by atoms with Crippen molar-refractivity contribution in [2.75, 3.05) is 51.7 Å². The van der Waals surface area contributed by atoms with E-state index in [1.807, 2.05) is 25.1 Å². The number of likely N-dealkylation sites (N-methyl/N-ethyl adjacent to an activating group) is 1. The first-order chi connectivity index (χ1) is 11.5. The van der Waals surface area contributed by atoms with E-state index in [-0.39, 0.29) is 5.41 Å². The predicted octanol–water partition coefficient (Wildman–Crippen LogP) is 1.33. The molecule has 1 spiro atoms. The van der Waals surface area contributed by atoms with Gasteiger partial charge in [-0.1, -0.05) is 0 Å². The summed E-state index contributed by atoms with van der Waals surface area (Å²) in [5.41, 5.74) is 0.317. The second-order valence-electron chi connectivity index (χ2n) is 7.17. The van der Waals surface area contributed by atoms with Crippen molar-refractivity contribution in [1.82, 2.24) is 14.8 Å². The van der Waals surface area contributed by atoms with Gasteiger partial charge in [-0.15, -0.1) is 0 Å². The Labute approximate surface area is 143 Å². The highest BCUT2D eigenvalue weighted by Gasteiger charge is 2.48. The lowest BCUT2D eigenvalue weighted by Gasteiger charge is -2.39. The number of aromatic nitrogens is 1. The van der Waals surface area contributed by atoms with Gasteiger partial charge in [0.15, 0.2) is 0 Å². The zero-order chi connectivity index (χ0) is 17.2. The molecule has 6 nitrogen and oxygen atoms in total. The van der Waals surface area contributed by atoms with Crippen LogP contribution >= 0.6 is 0 Å². The van der Waals surface area contributed by atoms with Crippen molar-refractivity contribution >= 4 is 11.7 Å². The fraction of sp³-hybridized carbons (Fsp3) is 0.611. The molecule has 2 aliphatic rings. The molecule has 0 unspecified atom stereocenters. The summed E-state index contributed by atoms with van der Waals surface area (Å²) >= 11 is 0. The average Bonchev–Trinajstić information content (AvgIpc) is 2.89. The lowest BCUT2D eigenvalue weighted by molar-refractivity contribution is -0.136. The fourth-order valence-corrected chi connectivity index (χ4v) is 3.77. The minimum absolute atomic E-state index is 0.250. The van der Waals surface area contributed by atoms with Crippen LogP contribution in [0.25, 0.3) is 0 Å². The molecule has 2 aliphatic heterocycles. The number of hydrogen-bond acceptors (Lipinski definition) is 5. The zero-order valence-corrected chi connectivity index (χ0v) is 14.5. The Morgan fingerprint density at radius 2 is 2.17 bits per heavy atom. The molecule has 1 aromatic rings. The summed E-state index contributed by atoms with van der Waals surface area (Å²) in [6.07, 6.45) is 4.52. The summed E-state index contributed by atoms with van der Waals surface area (Å²) in [6, 6.07) is 5.78. The molecule has 1 atom stereocenters. The molecule has 2 saturated heterocycles. The van der Waals surface area contributed by atoms with E-state index >= 15 is 0 Å². The first-order valence-corrected chi connectivity index (χ1v) is 8.59. The molecule has 6 heteroatoms. The van der Waals surface area contributed by atoms with Gasteiger partial charge in [-0.3, -0.25) is 4.79 Å². The van der Waals surface area contributed by atoms with Gasteiger partial charge in [0.05, 0.1) is 11.0 Å².